The van der Waals surface area contributed by atoms with Crippen LogP contribution in [0, 0.1) is 5.82 Å². The van der Waals surface area contributed by atoms with Crippen molar-refractivity contribution in [3.63, 3.8) is 0 Å². The number of rotatable bonds is 3. The predicted octanol–water partition coefficient (Wildman–Crippen LogP) is 2.75. The third-order valence-electron chi connectivity index (χ3n) is 5.30. The van der Waals surface area contributed by atoms with E-state index >= 15 is 0 Å². The summed E-state index contributed by atoms with van der Waals surface area (Å²) < 4.78 is 14.6. The molecule has 2 aliphatic rings. The van der Waals surface area contributed by atoms with Crippen molar-refractivity contribution in [3.05, 3.63) is 34.1 Å². The Kier molecular flexibility index (Phi) is 6.29. The van der Waals surface area contributed by atoms with Crippen molar-refractivity contribution in [2.24, 2.45) is 0 Å². The van der Waals surface area contributed by atoms with Crippen molar-refractivity contribution in [2.75, 3.05) is 39.3 Å². The maximum Gasteiger partial charge on any atom is 0.256 e. The van der Waals surface area contributed by atoms with Gasteiger partial charge in [0.25, 0.3) is 5.91 Å². The van der Waals surface area contributed by atoms with Gasteiger partial charge in [-0.3, -0.25) is 14.5 Å². The minimum atomic E-state index is -0.513. The quantitative estimate of drug-likeness (QED) is 0.747. The Morgan fingerprint density at radius 1 is 1.15 bits per heavy atom. The van der Waals surface area contributed by atoms with Gasteiger partial charge in [-0.05, 0) is 44.4 Å². The summed E-state index contributed by atoms with van der Waals surface area (Å²) in [5.74, 6) is -0.623. The van der Waals surface area contributed by atoms with Crippen LogP contribution in [0.2, 0.25) is 0 Å². The highest BCUT2D eigenvalue weighted by atomic mass is 79.9. The standard InChI is InChI=1S/C19H25BrFN3O2/c1-14-4-2-3-7-24(14)18(25)13-22-8-10-23(11-9-22)19(26)16-6-5-15(20)12-17(16)21/h5-6,12,14H,2-4,7-11,13H2,1H3/t14-/m0/s1. The van der Waals surface area contributed by atoms with Crippen LogP contribution in [0.1, 0.15) is 36.5 Å². The van der Waals surface area contributed by atoms with Crippen LogP contribution in [0.15, 0.2) is 22.7 Å². The molecule has 0 saturated carbocycles. The Morgan fingerprint density at radius 2 is 1.88 bits per heavy atom. The van der Waals surface area contributed by atoms with Crippen LogP contribution in [0.5, 0.6) is 0 Å². The number of nitrogens with zero attached hydrogens (tertiary/aromatic N) is 3. The Hall–Kier alpha value is -1.47. The second kappa shape index (κ2) is 8.48. The first-order valence-electron chi connectivity index (χ1n) is 9.22. The fourth-order valence-corrected chi connectivity index (χ4v) is 4.03. The first kappa shape index (κ1) is 19.3. The van der Waals surface area contributed by atoms with Crippen molar-refractivity contribution in [1.29, 1.82) is 0 Å². The predicted molar refractivity (Wildman–Crippen MR) is 101 cm³/mol. The van der Waals surface area contributed by atoms with Crippen molar-refractivity contribution in [1.82, 2.24) is 14.7 Å². The van der Waals surface area contributed by atoms with Crippen molar-refractivity contribution < 1.29 is 14.0 Å². The molecule has 1 aromatic carbocycles. The van der Waals surface area contributed by atoms with Gasteiger partial charge in [-0.1, -0.05) is 15.9 Å². The van der Waals surface area contributed by atoms with Gasteiger partial charge in [0.1, 0.15) is 5.82 Å². The lowest BCUT2D eigenvalue weighted by molar-refractivity contribution is -0.136. The molecule has 2 aliphatic heterocycles. The summed E-state index contributed by atoms with van der Waals surface area (Å²) in [5.41, 5.74) is 0.0971. The summed E-state index contributed by atoms with van der Waals surface area (Å²) in [4.78, 5) is 30.8. The lowest BCUT2D eigenvalue weighted by atomic mass is 10.0. The molecular formula is C19H25BrFN3O2. The van der Waals surface area contributed by atoms with Gasteiger partial charge in [0.15, 0.2) is 0 Å². The van der Waals surface area contributed by atoms with E-state index in [4.69, 9.17) is 0 Å². The summed E-state index contributed by atoms with van der Waals surface area (Å²) >= 11 is 3.20. The van der Waals surface area contributed by atoms with Crippen LogP contribution in [0.4, 0.5) is 4.39 Å². The monoisotopic (exact) mass is 425 g/mol. The van der Waals surface area contributed by atoms with Gasteiger partial charge in [-0.25, -0.2) is 4.39 Å². The molecule has 0 bridgehead atoms. The van der Waals surface area contributed by atoms with E-state index in [1.165, 1.54) is 18.6 Å². The number of hydrogen-bond acceptors (Lipinski definition) is 3. The van der Waals surface area contributed by atoms with E-state index in [2.05, 4.69) is 27.8 Å². The third-order valence-corrected chi connectivity index (χ3v) is 5.80. The molecule has 2 heterocycles. The fraction of sp³-hybridized carbons (Fsp3) is 0.579. The minimum absolute atomic E-state index is 0.0971. The molecule has 2 amide bonds. The largest absolute Gasteiger partial charge is 0.339 e. The zero-order valence-corrected chi connectivity index (χ0v) is 16.7. The van der Waals surface area contributed by atoms with Crippen LogP contribution >= 0.6 is 15.9 Å². The van der Waals surface area contributed by atoms with Gasteiger partial charge < -0.3 is 9.80 Å². The average Bonchev–Trinajstić information content (AvgIpc) is 2.62. The third kappa shape index (κ3) is 4.43. The van der Waals surface area contributed by atoms with E-state index in [1.54, 1.807) is 11.0 Å². The Morgan fingerprint density at radius 3 is 2.54 bits per heavy atom. The molecule has 0 N–H and O–H groups in total. The second-order valence-electron chi connectivity index (χ2n) is 7.12. The van der Waals surface area contributed by atoms with E-state index in [9.17, 15) is 14.0 Å². The van der Waals surface area contributed by atoms with Crippen LogP contribution < -0.4 is 0 Å². The number of carbonyl (C=O) groups is 2. The molecule has 0 aliphatic carbocycles. The number of halogens is 2. The van der Waals surface area contributed by atoms with Crippen LogP contribution in [-0.2, 0) is 4.79 Å². The molecule has 2 fully saturated rings. The number of likely N-dealkylation sites (tertiary alicyclic amines) is 1. The molecule has 5 nitrogen and oxygen atoms in total. The average molecular weight is 426 g/mol. The van der Waals surface area contributed by atoms with Gasteiger partial charge in [-0.2, -0.15) is 0 Å². The van der Waals surface area contributed by atoms with E-state index in [0.717, 1.165) is 19.4 Å². The fourth-order valence-electron chi connectivity index (χ4n) is 3.69. The maximum atomic E-state index is 14.0. The SMILES string of the molecule is C[C@H]1CCCCN1C(=O)CN1CCN(C(=O)c2ccc(Br)cc2F)CC1. The molecular weight excluding hydrogens is 401 g/mol. The minimum Gasteiger partial charge on any atom is -0.339 e. The van der Waals surface area contributed by atoms with Crippen LogP contribution in [-0.4, -0.2) is 71.8 Å². The van der Waals surface area contributed by atoms with Gasteiger partial charge >= 0.3 is 0 Å². The first-order valence-corrected chi connectivity index (χ1v) is 10.0. The highest BCUT2D eigenvalue weighted by Crippen LogP contribution is 2.19. The van der Waals surface area contributed by atoms with Gasteiger partial charge in [0.05, 0.1) is 12.1 Å². The van der Waals surface area contributed by atoms with Gasteiger partial charge in [0.2, 0.25) is 5.91 Å². The molecule has 0 unspecified atom stereocenters. The number of carbonyl (C=O) groups excluding carboxylic acids is 2. The summed E-state index contributed by atoms with van der Waals surface area (Å²) in [5, 5.41) is 0. The molecule has 0 aromatic heterocycles. The summed E-state index contributed by atoms with van der Waals surface area (Å²) in [7, 11) is 0. The van der Waals surface area contributed by atoms with E-state index < -0.39 is 5.82 Å². The van der Waals surface area contributed by atoms with Crippen LogP contribution in [0.3, 0.4) is 0 Å². The number of benzene rings is 1. The Bertz CT molecular complexity index is 677. The van der Waals surface area contributed by atoms with Crippen LogP contribution in [0.25, 0.3) is 0 Å². The zero-order chi connectivity index (χ0) is 18.7. The molecule has 1 aromatic rings. The number of hydrogen-bond donors (Lipinski definition) is 0. The molecule has 7 heteroatoms. The highest BCUT2D eigenvalue weighted by Gasteiger charge is 2.28. The lowest BCUT2D eigenvalue weighted by Crippen LogP contribution is -2.53. The second-order valence-corrected chi connectivity index (χ2v) is 8.04. The van der Waals surface area contributed by atoms with E-state index in [0.29, 0.717) is 43.2 Å². The Labute approximate surface area is 162 Å². The number of amides is 2. The summed E-state index contributed by atoms with van der Waals surface area (Å²) in [6.45, 7) is 5.66. The topological polar surface area (TPSA) is 43.9 Å². The molecule has 0 radical (unpaired) electrons. The number of piperidine rings is 1. The normalized spacial score (nSPS) is 21.7. The Balaban J connectivity index is 1.52. The van der Waals surface area contributed by atoms with Crippen molar-refractivity contribution in [2.45, 2.75) is 32.2 Å². The molecule has 2 saturated heterocycles. The van der Waals surface area contributed by atoms with Gasteiger partial charge in [-0.15, -0.1) is 0 Å². The molecule has 0 spiro atoms. The van der Waals surface area contributed by atoms with Crippen molar-refractivity contribution >= 4 is 27.7 Å². The molecule has 26 heavy (non-hydrogen) atoms. The van der Waals surface area contributed by atoms with E-state index in [-0.39, 0.29) is 17.4 Å². The smallest absolute Gasteiger partial charge is 0.256 e. The number of piperazine rings is 1. The highest BCUT2D eigenvalue weighted by molar-refractivity contribution is 9.10. The summed E-state index contributed by atoms with van der Waals surface area (Å²) in [6, 6.07) is 4.81. The lowest BCUT2D eigenvalue weighted by Gasteiger charge is -2.38. The maximum absolute atomic E-state index is 14.0. The molecule has 142 valence electrons. The summed E-state index contributed by atoms with van der Waals surface area (Å²) in [6.07, 6.45) is 3.35. The van der Waals surface area contributed by atoms with E-state index in [1.807, 2.05) is 4.90 Å². The first-order chi connectivity index (χ1) is 12.5. The van der Waals surface area contributed by atoms with Gasteiger partial charge in [0, 0.05) is 43.2 Å². The molecule has 3 rings (SSSR count). The molecule has 1 atom stereocenters. The zero-order valence-electron chi connectivity index (χ0n) is 15.1. The van der Waals surface area contributed by atoms with Crippen molar-refractivity contribution in [3.8, 4) is 0 Å².